The van der Waals surface area contributed by atoms with Crippen molar-refractivity contribution in [2.75, 3.05) is 7.11 Å². The molecular formula is C7H10O4. The third kappa shape index (κ3) is 0.939. The Bertz CT molecular complexity index is 210. The molecule has 11 heavy (non-hydrogen) atoms. The molecule has 1 aliphatic rings. The molecular weight excluding hydrogens is 148 g/mol. The molecule has 1 aliphatic heterocycles. The first-order valence-corrected chi connectivity index (χ1v) is 3.33. The zero-order valence-electron chi connectivity index (χ0n) is 6.71. The number of rotatable bonds is 1. The smallest absolute Gasteiger partial charge is 0.346 e. The molecule has 0 N–H and O–H groups in total. The average molecular weight is 158 g/mol. The van der Waals surface area contributed by atoms with Gasteiger partial charge in [-0.1, -0.05) is 0 Å². The molecule has 1 saturated heterocycles. The molecule has 0 aromatic rings. The summed E-state index contributed by atoms with van der Waals surface area (Å²) in [5, 5.41) is 0. The van der Waals surface area contributed by atoms with Crippen molar-refractivity contribution in [1.82, 2.24) is 0 Å². The van der Waals surface area contributed by atoms with Crippen molar-refractivity contribution in [3.8, 4) is 0 Å². The molecule has 1 fully saturated rings. The van der Waals surface area contributed by atoms with Crippen molar-refractivity contribution in [1.29, 1.82) is 0 Å². The van der Waals surface area contributed by atoms with E-state index in [0.29, 0.717) is 0 Å². The number of hydrogen-bond acceptors (Lipinski definition) is 4. The SMILES string of the molecule is COC1(C)C(=O)OC(=O)C1C. The Morgan fingerprint density at radius 3 is 2.27 bits per heavy atom. The molecule has 0 bridgehead atoms. The summed E-state index contributed by atoms with van der Waals surface area (Å²) in [6.45, 7) is 3.15. The van der Waals surface area contributed by atoms with Crippen molar-refractivity contribution in [2.45, 2.75) is 19.4 Å². The third-order valence-corrected chi connectivity index (χ3v) is 2.20. The maximum atomic E-state index is 11.0. The average Bonchev–Trinajstić information content (AvgIpc) is 2.16. The predicted molar refractivity (Wildman–Crippen MR) is 35.7 cm³/mol. The summed E-state index contributed by atoms with van der Waals surface area (Å²) in [6, 6.07) is 0. The summed E-state index contributed by atoms with van der Waals surface area (Å²) in [5.41, 5.74) is -1.09. The van der Waals surface area contributed by atoms with Crippen molar-refractivity contribution < 1.29 is 19.1 Å². The van der Waals surface area contributed by atoms with E-state index in [1.54, 1.807) is 13.8 Å². The van der Waals surface area contributed by atoms with Crippen LogP contribution in [0.4, 0.5) is 0 Å². The topological polar surface area (TPSA) is 52.6 Å². The Labute approximate surface area is 64.5 Å². The number of hydrogen-bond donors (Lipinski definition) is 0. The minimum atomic E-state index is -1.09. The molecule has 1 heterocycles. The van der Waals surface area contributed by atoms with Gasteiger partial charge >= 0.3 is 11.9 Å². The highest BCUT2D eigenvalue weighted by Crippen LogP contribution is 2.29. The number of cyclic esters (lactones) is 2. The molecule has 0 aliphatic carbocycles. The number of esters is 2. The van der Waals surface area contributed by atoms with Crippen molar-refractivity contribution in [3.63, 3.8) is 0 Å². The second-order valence-electron chi connectivity index (χ2n) is 2.74. The van der Waals surface area contributed by atoms with Crippen LogP contribution in [0.1, 0.15) is 13.8 Å². The number of carbonyl (C=O) groups excluding carboxylic acids is 2. The van der Waals surface area contributed by atoms with E-state index < -0.39 is 23.5 Å². The first-order chi connectivity index (χ1) is 5.02. The van der Waals surface area contributed by atoms with E-state index in [9.17, 15) is 9.59 Å². The Hall–Kier alpha value is -0.900. The lowest BCUT2D eigenvalue weighted by molar-refractivity contribution is -0.159. The molecule has 0 radical (unpaired) electrons. The van der Waals surface area contributed by atoms with Crippen LogP contribution >= 0.6 is 0 Å². The van der Waals surface area contributed by atoms with Crippen LogP contribution in [0.25, 0.3) is 0 Å². The van der Waals surface area contributed by atoms with E-state index in [-0.39, 0.29) is 0 Å². The highest BCUT2D eigenvalue weighted by Gasteiger charge is 2.52. The number of methoxy groups -OCH3 is 1. The second-order valence-corrected chi connectivity index (χ2v) is 2.74. The third-order valence-electron chi connectivity index (χ3n) is 2.20. The van der Waals surface area contributed by atoms with E-state index in [1.165, 1.54) is 7.11 Å². The summed E-state index contributed by atoms with van der Waals surface area (Å²) in [7, 11) is 1.39. The van der Waals surface area contributed by atoms with Gasteiger partial charge in [0.2, 0.25) is 0 Å². The first kappa shape index (κ1) is 8.20. The van der Waals surface area contributed by atoms with Gasteiger partial charge in [-0.2, -0.15) is 0 Å². The molecule has 2 atom stereocenters. The standard InChI is InChI=1S/C7H10O4/c1-4-5(8)11-6(9)7(4,2)10-3/h4H,1-3H3. The summed E-state index contributed by atoms with van der Waals surface area (Å²) in [6.07, 6.45) is 0. The van der Waals surface area contributed by atoms with E-state index in [0.717, 1.165) is 0 Å². The Balaban J connectivity index is 2.96. The van der Waals surface area contributed by atoms with Gasteiger partial charge in [0.1, 0.15) is 0 Å². The lowest BCUT2D eigenvalue weighted by Gasteiger charge is -2.19. The molecule has 4 nitrogen and oxygen atoms in total. The molecule has 62 valence electrons. The maximum Gasteiger partial charge on any atom is 0.346 e. The molecule has 4 heteroatoms. The zero-order valence-corrected chi connectivity index (χ0v) is 6.71. The van der Waals surface area contributed by atoms with Gasteiger partial charge in [-0.25, -0.2) is 4.79 Å². The van der Waals surface area contributed by atoms with Crippen LogP contribution < -0.4 is 0 Å². The molecule has 2 unspecified atom stereocenters. The normalized spacial score (nSPS) is 37.5. The van der Waals surface area contributed by atoms with Gasteiger partial charge < -0.3 is 9.47 Å². The maximum absolute atomic E-state index is 11.0. The van der Waals surface area contributed by atoms with Crippen LogP contribution in [0.5, 0.6) is 0 Å². The largest absolute Gasteiger partial charge is 0.391 e. The van der Waals surface area contributed by atoms with E-state index in [1.807, 2.05) is 0 Å². The predicted octanol–water partition coefficient (Wildman–Crippen LogP) is 0.111. The van der Waals surface area contributed by atoms with Crippen LogP contribution in [0.15, 0.2) is 0 Å². The van der Waals surface area contributed by atoms with E-state index in [2.05, 4.69) is 4.74 Å². The van der Waals surface area contributed by atoms with Gasteiger partial charge in [-0.15, -0.1) is 0 Å². The fourth-order valence-electron chi connectivity index (χ4n) is 0.943. The Morgan fingerprint density at radius 1 is 1.55 bits per heavy atom. The Morgan fingerprint density at radius 2 is 2.09 bits per heavy atom. The zero-order chi connectivity index (χ0) is 8.65. The fourth-order valence-corrected chi connectivity index (χ4v) is 0.943. The fraction of sp³-hybridized carbons (Fsp3) is 0.714. The van der Waals surface area contributed by atoms with Crippen molar-refractivity contribution in [3.05, 3.63) is 0 Å². The van der Waals surface area contributed by atoms with Crippen LogP contribution in [0.3, 0.4) is 0 Å². The van der Waals surface area contributed by atoms with Gasteiger partial charge in [0.05, 0.1) is 5.92 Å². The summed E-state index contributed by atoms with van der Waals surface area (Å²) >= 11 is 0. The monoisotopic (exact) mass is 158 g/mol. The van der Waals surface area contributed by atoms with Crippen LogP contribution in [0.2, 0.25) is 0 Å². The van der Waals surface area contributed by atoms with E-state index in [4.69, 9.17) is 4.74 Å². The summed E-state index contributed by atoms with van der Waals surface area (Å²) in [5.74, 6) is -1.63. The van der Waals surface area contributed by atoms with Gasteiger partial charge in [0.25, 0.3) is 0 Å². The van der Waals surface area contributed by atoms with Crippen molar-refractivity contribution in [2.24, 2.45) is 5.92 Å². The van der Waals surface area contributed by atoms with E-state index >= 15 is 0 Å². The van der Waals surface area contributed by atoms with Gasteiger partial charge in [0.15, 0.2) is 5.60 Å². The number of ether oxygens (including phenoxy) is 2. The highest BCUT2D eigenvalue weighted by atomic mass is 16.6. The van der Waals surface area contributed by atoms with Crippen molar-refractivity contribution >= 4 is 11.9 Å². The molecule has 1 rings (SSSR count). The second kappa shape index (κ2) is 2.30. The lowest BCUT2D eigenvalue weighted by atomic mass is 9.94. The summed E-state index contributed by atoms with van der Waals surface area (Å²) < 4.78 is 9.28. The van der Waals surface area contributed by atoms with Crippen LogP contribution in [-0.4, -0.2) is 24.6 Å². The molecule has 0 aromatic heterocycles. The quantitative estimate of drug-likeness (QED) is 0.401. The summed E-state index contributed by atoms with van der Waals surface area (Å²) in [4.78, 5) is 21.8. The lowest BCUT2D eigenvalue weighted by Crippen LogP contribution is -2.38. The first-order valence-electron chi connectivity index (χ1n) is 3.33. The minimum absolute atomic E-state index is 0.514. The highest BCUT2D eigenvalue weighted by molar-refractivity contribution is 6.00. The van der Waals surface area contributed by atoms with Crippen LogP contribution in [-0.2, 0) is 19.1 Å². The minimum Gasteiger partial charge on any atom is -0.391 e. The van der Waals surface area contributed by atoms with Crippen LogP contribution in [0, 0.1) is 5.92 Å². The molecule has 0 aromatic carbocycles. The van der Waals surface area contributed by atoms with Gasteiger partial charge in [-0.05, 0) is 13.8 Å². The molecule has 0 spiro atoms. The number of carbonyl (C=O) groups is 2. The molecule has 0 amide bonds. The Kier molecular flexibility index (Phi) is 1.72. The molecule has 0 saturated carbocycles. The van der Waals surface area contributed by atoms with Gasteiger partial charge in [0, 0.05) is 7.11 Å². The van der Waals surface area contributed by atoms with Gasteiger partial charge in [-0.3, -0.25) is 4.79 Å².